The number of nitro benzene ring substituents is 1. The number of ether oxygens (including phenoxy) is 1. The fourth-order valence-electron chi connectivity index (χ4n) is 2.37. The van der Waals surface area contributed by atoms with Crippen LogP contribution < -0.4 is 15.4 Å². The highest BCUT2D eigenvalue weighted by atomic mass is 16.6. The first-order chi connectivity index (χ1) is 13.3. The molecule has 0 bridgehead atoms. The molecule has 148 valence electrons. The van der Waals surface area contributed by atoms with E-state index in [-0.39, 0.29) is 37.0 Å². The zero-order chi connectivity index (χ0) is 20.5. The minimum Gasteiger partial charge on any atom is -0.477 e. The highest BCUT2D eigenvalue weighted by molar-refractivity contribution is 5.92. The van der Waals surface area contributed by atoms with Gasteiger partial charge in [0, 0.05) is 18.3 Å². The van der Waals surface area contributed by atoms with E-state index in [9.17, 15) is 19.7 Å². The van der Waals surface area contributed by atoms with Crippen molar-refractivity contribution in [3.05, 3.63) is 64.2 Å². The normalized spacial score (nSPS) is 10.4. The van der Waals surface area contributed by atoms with E-state index in [1.807, 2.05) is 6.07 Å². The Balaban J connectivity index is 1.85. The zero-order valence-corrected chi connectivity index (χ0v) is 15.7. The summed E-state index contributed by atoms with van der Waals surface area (Å²) < 4.78 is 5.25. The first-order valence-electron chi connectivity index (χ1n) is 8.51. The average molecular weight is 386 g/mol. The summed E-state index contributed by atoms with van der Waals surface area (Å²) in [6.07, 6.45) is 0. The van der Waals surface area contributed by atoms with Crippen LogP contribution in [0, 0.1) is 10.1 Å². The van der Waals surface area contributed by atoms with Crippen LogP contribution in [0.15, 0.2) is 48.5 Å². The van der Waals surface area contributed by atoms with E-state index in [1.165, 1.54) is 18.2 Å². The lowest BCUT2D eigenvalue weighted by Crippen LogP contribution is -2.29. The van der Waals surface area contributed by atoms with E-state index >= 15 is 0 Å². The molecule has 0 aromatic heterocycles. The van der Waals surface area contributed by atoms with E-state index < -0.39 is 10.8 Å². The number of amides is 2. The maximum absolute atomic E-state index is 12.0. The van der Waals surface area contributed by atoms with Crippen LogP contribution in [-0.2, 0) is 16.1 Å². The average Bonchev–Trinajstić information content (AvgIpc) is 2.64. The molecular formula is C19H22N4O5. The van der Waals surface area contributed by atoms with Gasteiger partial charge in [0.05, 0.1) is 11.5 Å². The molecule has 0 saturated heterocycles. The van der Waals surface area contributed by atoms with Gasteiger partial charge in [-0.3, -0.25) is 19.7 Å². The molecule has 0 saturated carbocycles. The quantitative estimate of drug-likeness (QED) is 0.502. The third-order valence-corrected chi connectivity index (χ3v) is 3.58. The van der Waals surface area contributed by atoms with Gasteiger partial charge in [0.2, 0.25) is 5.91 Å². The topological polar surface area (TPSA) is 114 Å². The lowest BCUT2D eigenvalue weighted by Gasteiger charge is -2.11. The second-order valence-corrected chi connectivity index (χ2v) is 6.28. The standard InChI is InChI=1S/C19H22N4O5/c1-22(2)12-18(24)21-15-7-5-6-14(10-15)11-20-19(25)13-28-17-9-4-3-8-16(17)23(26)27/h3-10H,11-13H2,1-2H3,(H,20,25)(H,21,24). The third kappa shape index (κ3) is 6.69. The second kappa shape index (κ2) is 10.0. The Labute approximate surface area is 162 Å². The van der Waals surface area contributed by atoms with Crippen molar-refractivity contribution in [2.24, 2.45) is 0 Å². The van der Waals surface area contributed by atoms with Gasteiger partial charge in [0.25, 0.3) is 5.91 Å². The minimum atomic E-state index is -0.566. The lowest BCUT2D eigenvalue weighted by atomic mass is 10.2. The largest absolute Gasteiger partial charge is 0.477 e. The molecule has 0 atom stereocenters. The fourth-order valence-corrected chi connectivity index (χ4v) is 2.37. The molecule has 2 aromatic rings. The molecule has 2 N–H and O–H groups in total. The van der Waals surface area contributed by atoms with Crippen LogP contribution in [-0.4, -0.2) is 48.9 Å². The van der Waals surface area contributed by atoms with Gasteiger partial charge >= 0.3 is 5.69 Å². The maximum atomic E-state index is 12.0. The van der Waals surface area contributed by atoms with Crippen LogP contribution >= 0.6 is 0 Å². The number of hydrogen-bond donors (Lipinski definition) is 2. The highest BCUT2D eigenvalue weighted by Gasteiger charge is 2.14. The summed E-state index contributed by atoms with van der Waals surface area (Å²) in [5, 5.41) is 16.4. The first kappa shape index (κ1) is 20.8. The predicted octanol–water partition coefficient (Wildman–Crippen LogP) is 1.79. The van der Waals surface area contributed by atoms with Crippen LogP contribution in [0.25, 0.3) is 0 Å². The summed E-state index contributed by atoms with van der Waals surface area (Å²) in [6.45, 7) is 0.157. The number of likely N-dealkylation sites (N-methyl/N-ethyl adjacent to an activating group) is 1. The number of nitro groups is 1. The van der Waals surface area contributed by atoms with Gasteiger partial charge in [-0.1, -0.05) is 24.3 Å². The lowest BCUT2D eigenvalue weighted by molar-refractivity contribution is -0.385. The van der Waals surface area contributed by atoms with Crippen LogP contribution in [0.1, 0.15) is 5.56 Å². The molecule has 0 aliphatic rings. The van der Waals surface area contributed by atoms with Crippen molar-refractivity contribution in [1.82, 2.24) is 10.2 Å². The molecule has 9 nitrogen and oxygen atoms in total. The van der Waals surface area contributed by atoms with Gasteiger partial charge < -0.3 is 20.3 Å². The molecule has 0 fully saturated rings. The number of hydrogen-bond acceptors (Lipinski definition) is 6. The molecule has 28 heavy (non-hydrogen) atoms. The van der Waals surface area contributed by atoms with Crippen molar-refractivity contribution in [2.75, 3.05) is 32.6 Å². The molecule has 2 amide bonds. The van der Waals surface area contributed by atoms with Gasteiger partial charge in [-0.05, 0) is 37.9 Å². The van der Waals surface area contributed by atoms with Crippen molar-refractivity contribution >= 4 is 23.2 Å². The van der Waals surface area contributed by atoms with E-state index in [0.29, 0.717) is 5.69 Å². The fraction of sp³-hybridized carbons (Fsp3) is 0.263. The number of rotatable bonds is 9. The van der Waals surface area contributed by atoms with Gasteiger partial charge in [0.1, 0.15) is 0 Å². The van der Waals surface area contributed by atoms with Crippen molar-refractivity contribution in [3.8, 4) is 5.75 Å². The Kier molecular flexibility index (Phi) is 7.46. The molecule has 0 aliphatic heterocycles. The molecule has 0 radical (unpaired) electrons. The molecule has 0 heterocycles. The Hall–Kier alpha value is -3.46. The molecule has 0 spiro atoms. The number of carbonyl (C=O) groups is 2. The molecule has 2 rings (SSSR count). The summed E-state index contributed by atoms with van der Waals surface area (Å²) in [6, 6.07) is 13.0. The van der Waals surface area contributed by atoms with E-state index in [4.69, 9.17) is 4.74 Å². The van der Waals surface area contributed by atoms with E-state index in [0.717, 1.165) is 5.56 Å². The van der Waals surface area contributed by atoms with Crippen LogP contribution in [0.5, 0.6) is 5.75 Å². The van der Waals surface area contributed by atoms with Gasteiger partial charge in [-0.15, -0.1) is 0 Å². The zero-order valence-electron chi connectivity index (χ0n) is 15.7. The van der Waals surface area contributed by atoms with Gasteiger partial charge in [0.15, 0.2) is 12.4 Å². The molecule has 0 unspecified atom stereocenters. The minimum absolute atomic E-state index is 0.0354. The van der Waals surface area contributed by atoms with Crippen molar-refractivity contribution in [3.63, 3.8) is 0 Å². The number of nitrogens with one attached hydrogen (secondary N) is 2. The molecule has 2 aromatic carbocycles. The van der Waals surface area contributed by atoms with Crippen LogP contribution in [0.4, 0.5) is 11.4 Å². The van der Waals surface area contributed by atoms with Crippen molar-refractivity contribution in [2.45, 2.75) is 6.54 Å². The number of nitrogens with zero attached hydrogens (tertiary/aromatic N) is 2. The summed E-state index contributed by atoms with van der Waals surface area (Å²) in [5.74, 6) is -0.516. The first-order valence-corrected chi connectivity index (χ1v) is 8.51. The maximum Gasteiger partial charge on any atom is 0.310 e. The predicted molar refractivity (Wildman–Crippen MR) is 104 cm³/mol. The van der Waals surface area contributed by atoms with E-state index in [1.54, 1.807) is 43.3 Å². The Morgan fingerprint density at radius 3 is 2.57 bits per heavy atom. The summed E-state index contributed by atoms with van der Waals surface area (Å²) >= 11 is 0. The smallest absolute Gasteiger partial charge is 0.310 e. The SMILES string of the molecule is CN(C)CC(=O)Nc1cccc(CNC(=O)COc2ccccc2[N+](=O)[O-])c1. The molecular weight excluding hydrogens is 364 g/mol. The second-order valence-electron chi connectivity index (χ2n) is 6.28. The number of para-hydroxylation sites is 2. The third-order valence-electron chi connectivity index (χ3n) is 3.58. The summed E-state index contributed by atoms with van der Waals surface area (Å²) in [5.41, 5.74) is 1.23. The number of anilines is 1. The molecule has 9 heteroatoms. The van der Waals surface area contributed by atoms with Crippen molar-refractivity contribution < 1.29 is 19.2 Å². The van der Waals surface area contributed by atoms with Crippen molar-refractivity contribution in [1.29, 1.82) is 0 Å². The van der Waals surface area contributed by atoms with Gasteiger partial charge in [-0.2, -0.15) is 0 Å². The van der Waals surface area contributed by atoms with Crippen LogP contribution in [0.3, 0.4) is 0 Å². The number of benzene rings is 2. The Bertz CT molecular complexity index is 854. The van der Waals surface area contributed by atoms with Crippen LogP contribution in [0.2, 0.25) is 0 Å². The Morgan fingerprint density at radius 2 is 1.86 bits per heavy atom. The van der Waals surface area contributed by atoms with Gasteiger partial charge in [-0.25, -0.2) is 0 Å². The highest BCUT2D eigenvalue weighted by Crippen LogP contribution is 2.25. The summed E-state index contributed by atoms with van der Waals surface area (Å²) in [7, 11) is 3.61. The molecule has 0 aliphatic carbocycles. The Morgan fingerprint density at radius 1 is 1.11 bits per heavy atom. The summed E-state index contributed by atoms with van der Waals surface area (Å²) in [4.78, 5) is 35.9. The monoisotopic (exact) mass is 386 g/mol. The number of carbonyl (C=O) groups excluding carboxylic acids is 2. The van der Waals surface area contributed by atoms with E-state index in [2.05, 4.69) is 10.6 Å².